The molecule has 0 aromatic heterocycles. The van der Waals surface area contributed by atoms with Crippen LogP contribution in [-0.4, -0.2) is 31.6 Å². The molecule has 0 saturated carbocycles. The number of anilines is 1. The van der Waals surface area contributed by atoms with E-state index in [4.69, 9.17) is 21.1 Å². The number of carbonyl (C=O) groups is 2. The molecule has 7 heteroatoms. The van der Waals surface area contributed by atoms with E-state index in [0.29, 0.717) is 53.1 Å². The van der Waals surface area contributed by atoms with Gasteiger partial charge in [-0.1, -0.05) is 29.8 Å². The van der Waals surface area contributed by atoms with Gasteiger partial charge in [0.05, 0.1) is 16.3 Å². The summed E-state index contributed by atoms with van der Waals surface area (Å²) in [6.07, 6.45) is 1.58. The van der Waals surface area contributed by atoms with E-state index in [9.17, 15) is 9.59 Å². The number of rotatable bonds is 5. The number of hydrogen-bond acceptors (Lipinski definition) is 4. The molecule has 6 nitrogen and oxygen atoms in total. The minimum Gasteiger partial charge on any atom is -0.486 e. The molecule has 0 bridgehead atoms. The van der Waals surface area contributed by atoms with Gasteiger partial charge in [0.15, 0.2) is 11.5 Å². The molecule has 2 N–H and O–H groups in total. The predicted octanol–water partition coefficient (Wildman–Crippen LogP) is 3.28. The van der Waals surface area contributed by atoms with Gasteiger partial charge in [0.2, 0.25) is 0 Å². The monoisotopic (exact) mass is 372 g/mol. The van der Waals surface area contributed by atoms with Crippen molar-refractivity contribution < 1.29 is 19.1 Å². The SMILES string of the molecule is C=CCNC(=O)c1ccccc1NC(=O)c1cc(Cl)c2c(c1)OCCO2. The quantitative estimate of drug-likeness (QED) is 0.790. The summed E-state index contributed by atoms with van der Waals surface area (Å²) < 4.78 is 10.9. The number of halogens is 1. The van der Waals surface area contributed by atoms with Crippen molar-refractivity contribution in [3.05, 3.63) is 65.2 Å². The number of para-hydroxylation sites is 1. The maximum Gasteiger partial charge on any atom is 0.255 e. The Balaban J connectivity index is 1.84. The molecule has 0 radical (unpaired) electrons. The third-order valence-corrected chi connectivity index (χ3v) is 3.97. The van der Waals surface area contributed by atoms with Crippen molar-refractivity contribution in [1.82, 2.24) is 5.32 Å². The van der Waals surface area contributed by atoms with Crippen LogP contribution in [0.15, 0.2) is 49.1 Å². The highest BCUT2D eigenvalue weighted by molar-refractivity contribution is 6.32. The molecular formula is C19H17ClN2O4. The summed E-state index contributed by atoms with van der Waals surface area (Å²) in [6, 6.07) is 9.81. The summed E-state index contributed by atoms with van der Waals surface area (Å²) in [6.45, 7) is 4.69. The van der Waals surface area contributed by atoms with Crippen molar-refractivity contribution in [3.8, 4) is 11.5 Å². The first-order chi connectivity index (χ1) is 12.6. The van der Waals surface area contributed by atoms with Crippen molar-refractivity contribution in [3.63, 3.8) is 0 Å². The molecule has 26 heavy (non-hydrogen) atoms. The van der Waals surface area contributed by atoms with Crippen LogP contribution in [0.25, 0.3) is 0 Å². The lowest BCUT2D eigenvalue weighted by molar-refractivity contribution is 0.0959. The van der Waals surface area contributed by atoms with Gasteiger partial charge in [0, 0.05) is 12.1 Å². The molecule has 1 aliphatic rings. The minimum atomic E-state index is -0.409. The first-order valence-corrected chi connectivity index (χ1v) is 8.36. The largest absolute Gasteiger partial charge is 0.486 e. The molecule has 0 spiro atoms. The van der Waals surface area contributed by atoms with Crippen molar-refractivity contribution in [2.45, 2.75) is 0 Å². The normalized spacial score (nSPS) is 12.2. The van der Waals surface area contributed by atoms with Gasteiger partial charge in [0.25, 0.3) is 11.8 Å². The average molecular weight is 373 g/mol. The van der Waals surface area contributed by atoms with Crippen LogP contribution in [0.5, 0.6) is 11.5 Å². The van der Waals surface area contributed by atoms with E-state index in [2.05, 4.69) is 17.2 Å². The molecule has 2 aromatic carbocycles. The molecular weight excluding hydrogens is 356 g/mol. The third kappa shape index (κ3) is 3.81. The average Bonchev–Trinajstić information content (AvgIpc) is 2.66. The molecule has 2 amide bonds. The number of nitrogens with one attached hydrogen (secondary N) is 2. The second-order valence-corrected chi connectivity index (χ2v) is 5.89. The molecule has 0 fully saturated rings. The number of ether oxygens (including phenoxy) is 2. The topological polar surface area (TPSA) is 76.7 Å². The summed E-state index contributed by atoms with van der Waals surface area (Å²) in [5.74, 6) is 0.137. The number of amides is 2. The van der Waals surface area contributed by atoms with E-state index < -0.39 is 5.91 Å². The summed E-state index contributed by atoms with van der Waals surface area (Å²) in [5.41, 5.74) is 1.05. The van der Waals surface area contributed by atoms with Crippen LogP contribution >= 0.6 is 11.6 Å². The van der Waals surface area contributed by atoms with Crippen LogP contribution in [0.3, 0.4) is 0 Å². The molecule has 1 aliphatic heterocycles. The maximum atomic E-state index is 12.6. The summed E-state index contributed by atoms with van der Waals surface area (Å²) in [4.78, 5) is 24.8. The third-order valence-electron chi connectivity index (χ3n) is 3.69. The zero-order valence-electron chi connectivity index (χ0n) is 13.9. The van der Waals surface area contributed by atoms with Gasteiger partial charge in [-0.2, -0.15) is 0 Å². The summed E-state index contributed by atoms with van der Waals surface area (Å²) in [5, 5.41) is 5.72. The Kier molecular flexibility index (Phi) is 5.43. The molecule has 1 heterocycles. The zero-order chi connectivity index (χ0) is 18.5. The molecule has 2 aromatic rings. The highest BCUT2D eigenvalue weighted by atomic mass is 35.5. The Hall–Kier alpha value is -2.99. The van der Waals surface area contributed by atoms with Gasteiger partial charge in [-0.3, -0.25) is 9.59 Å². The predicted molar refractivity (Wildman–Crippen MR) is 99.4 cm³/mol. The molecule has 0 aliphatic carbocycles. The highest BCUT2D eigenvalue weighted by Crippen LogP contribution is 2.38. The van der Waals surface area contributed by atoms with E-state index in [-0.39, 0.29) is 5.91 Å². The van der Waals surface area contributed by atoms with E-state index in [1.807, 2.05) is 0 Å². The van der Waals surface area contributed by atoms with Crippen molar-refractivity contribution in [1.29, 1.82) is 0 Å². The Labute approximate surface area is 155 Å². The maximum absolute atomic E-state index is 12.6. The Morgan fingerprint density at radius 1 is 1.15 bits per heavy atom. The van der Waals surface area contributed by atoms with Gasteiger partial charge in [-0.05, 0) is 24.3 Å². The Morgan fingerprint density at radius 2 is 1.92 bits per heavy atom. The first kappa shape index (κ1) is 17.8. The van der Waals surface area contributed by atoms with Gasteiger partial charge < -0.3 is 20.1 Å². The van der Waals surface area contributed by atoms with Crippen molar-refractivity contribution in [2.75, 3.05) is 25.1 Å². The summed E-state index contributed by atoms with van der Waals surface area (Å²) in [7, 11) is 0. The molecule has 0 unspecified atom stereocenters. The lowest BCUT2D eigenvalue weighted by atomic mass is 10.1. The van der Waals surface area contributed by atoms with Crippen LogP contribution < -0.4 is 20.1 Å². The number of benzene rings is 2. The fourth-order valence-electron chi connectivity index (χ4n) is 2.49. The summed E-state index contributed by atoms with van der Waals surface area (Å²) >= 11 is 6.17. The van der Waals surface area contributed by atoms with E-state index >= 15 is 0 Å². The van der Waals surface area contributed by atoms with Crippen LogP contribution in [0.1, 0.15) is 20.7 Å². The van der Waals surface area contributed by atoms with E-state index in [1.54, 1.807) is 36.4 Å². The number of hydrogen-bond donors (Lipinski definition) is 2. The zero-order valence-corrected chi connectivity index (χ0v) is 14.6. The lowest BCUT2D eigenvalue weighted by Crippen LogP contribution is -2.25. The second kappa shape index (κ2) is 7.93. The van der Waals surface area contributed by atoms with Crippen molar-refractivity contribution >= 4 is 29.1 Å². The van der Waals surface area contributed by atoms with Crippen LogP contribution in [0.4, 0.5) is 5.69 Å². The molecule has 0 atom stereocenters. The molecule has 3 rings (SSSR count). The minimum absolute atomic E-state index is 0.296. The second-order valence-electron chi connectivity index (χ2n) is 5.48. The van der Waals surface area contributed by atoms with Crippen LogP contribution in [0.2, 0.25) is 5.02 Å². The number of fused-ring (bicyclic) bond motifs is 1. The smallest absolute Gasteiger partial charge is 0.255 e. The van der Waals surface area contributed by atoms with Crippen LogP contribution in [-0.2, 0) is 0 Å². The van der Waals surface area contributed by atoms with Gasteiger partial charge in [0.1, 0.15) is 13.2 Å². The Morgan fingerprint density at radius 3 is 2.73 bits per heavy atom. The van der Waals surface area contributed by atoms with E-state index in [1.165, 1.54) is 6.07 Å². The van der Waals surface area contributed by atoms with Gasteiger partial charge in [-0.25, -0.2) is 0 Å². The van der Waals surface area contributed by atoms with Gasteiger partial charge in [-0.15, -0.1) is 6.58 Å². The standard InChI is InChI=1S/C19H17ClN2O4/c1-2-7-21-19(24)13-5-3-4-6-15(13)22-18(23)12-10-14(20)17-16(11-12)25-8-9-26-17/h2-6,10-11H,1,7-9H2,(H,21,24)(H,22,23). The fraction of sp³-hybridized carbons (Fsp3) is 0.158. The highest BCUT2D eigenvalue weighted by Gasteiger charge is 2.20. The van der Waals surface area contributed by atoms with Crippen LogP contribution in [0, 0.1) is 0 Å². The molecule has 0 saturated heterocycles. The fourth-order valence-corrected chi connectivity index (χ4v) is 2.75. The van der Waals surface area contributed by atoms with Gasteiger partial charge >= 0.3 is 0 Å². The molecule has 134 valence electrons. The number of carbonyl (C=O) groups excluding carboxylic acids is 2. The van der Waals surface area contributed by atoms with Crippen molar-refractivity contribution in [2.24, 2.45) is 0 Å². The lowest BCUT2D eigenvalue weighted by Gasteiger charge is -2.20. The first-order valence-electron chi connectivity index (χ1n) is 7.98. The Bertz CT molecular complexity index is 867. The van der Waals surface area contributed by atoms with E-state index in [0.717, 1.165) is 0 Å².